The Labute approximate surface area is 558 Å². The quantitative estimate of drug-likeness (QED) is 0.0252. The highest BCUT2D eigenvalue weighted by atomic mass is 32.2. The van der Waals surface area contributed by atoms with Crippen LogP contribution in [-0.4, -0.2) is 264 Å². The molecule has 0 spiro atoms. The number of carboxylic acid groups (broad SMARTS) is 3. The van der Waals surface area contributed by atoms with Gasteiger partial charge in [0.25, 0.3) is 0 Å². The molecule has 15 amide bonds. The molecule has 42 heteroatoms. The van der Waals surface area contributed by atoms with Crippen molar-refractivity contribution in [2.24, 2.45) is 28.9 Å². The van der Waals surface area contributed by atoms with E-state index in [-0.39, 0.29) is 44.4 Å². The van der Waals surface area contributed by atoms with E-state index in [0.717, 1.165) is 18.7 Å². The molecule has 1 aliphatic rings. The highest BCUT2D eigenvalue weighted by Crippen LogP contribution is 2.20. The van der Waals surface area contributed by atoms with Crippen molar-refractivity contribution in [2.45, 2.75) is 183 Å². The predicted octanol–water partition coefficient (Wildman–Crippen LogP) is -10.8. The highest BCUT2D eigenvalue weighted by molar-refractivity contribution is 7.98. The van der Waals surface area contributed by atoms with Gasteiger partial charge in [-0.15, -0.1) is 0 Å². The summed E-state index contributed by atoms with van der Waals surface area (Å²) in [6, 6.07) is -22.0. The van der Waals surface area contributed by atoms with Gasteiger partial charge in [-0.3, -0.25) is 81.5 Å². The van der Waals surface area contributed by atoms with Crippen LogP contribution >= 0.6 is 24.4 Å². The number of thioether (sulfide) groups is 1. The number of thiol groups is 1. The van der Waals surface area contributed by atoms with Gasteiger partial charge in [0, 0.05) is 31.6 Å². The van der Waals surface area contributed by atoms with E-state index in [1.54, 1.807) is 6.26 Å². The largest absolute Gasteiger partial charge is 0.481 e. The summed E-state index contributed by atoms with van der Waals surface area (Å²) in [6.45, 7) is 2.54. The minimum atomic E-state index is -1.98. The first-order chi connectivity index (χ1) is 44.8. The van der Waals surface area contributed by atoms with Gasteiger partial charge in [0.2, 0.25) is 88.6 Å². The lowest BCUT2D eigenvalue weighted by atomic mass is 10.0. The molecule has 0 aromatic carbocycles. The molecule has 0 radical (unpaired) electrons. The molecular formula is C54H88N16O24S2. The first-order valence-corrected chi connectivity index (χ1v) is 31.8. The van der Waals surface area contributed by atoms with Crippen LogP contribution in [-0.2, 0) is 86.3 Å². The van der Waals surface area contributed by atoms with E-state index in [2.05, 4.69) is 71.1 Å². The summed E-state index contributed by atoms with van der Waals surface area (Å²) in [6.07, 6.45) is -4.66. The summed E-state index contributed by atoms with van der Waals surface area (Å²) in [4.78, 5) is 233. The van der Waals surface area contributed by atoms with E-state index in [0.29, 0.717) is 0 Å². The van der Waals surface area contributed by atoms with Crippen LogP contribution in [0.3, 0.4) is 0 Å². The summed E-state index contributed by atoms with van der Waals surface area (Å²) in [7, 11) is 0. The zero-order valence-corrected chi connectivity index (χ0v) is 54.8. The van der Waals surface area contributed by atoms with Crippen LogP contribution in [0, 0.1) is 5.92 Å². The summed E-state index contributed by atoms with van der Waals surface area (Å²) in [5, 5.41) is 82.8. The normalized spacial score (nSPS) is 16.7. The van der Waals surface area contributed by atoms with Gasteiger partial charge < -0.3 is 117 Å². The van der Waals surface area contributed by atoms with Crippen molar-refractivity contribution in [3.8, 4) is 0 Å². The standard InChI is InChI=1S/C54H88N16O24S2/c1-22(2)40(51(90)63-29(17-36(57)75)46(85)67-33(21-95)49(88)65-31(19-71)48(87)66-32(20-72)53(92)70-15-6-7-34(70)50(89)62-28(54(93)94)10-13-39(79)80)68-47(86)30(18-37(58)76)64-52(91)41(24(4)73)69-42(81)23(3)59-44(83)27(14-16-96-5)61-45(84)26(9-11-35(56)74)60-43(82)25(55)8-12-38(77)78/h22-34,40-41,71-73,95H,6-21,55H2,1-5H3,(H2,56,74)(H2,57,75)(H2,58,76)(H,59,83)(H,60,82)(H,61,84)(H,62,89)(H,63,90)(H,64,91)(H,65,88)(H,66,87)(H,67,85)(H,68,86)(H,69,81)(H,77,78)(H,79,80)(H,93,94)/t23-,24+,25-,26-,27-,28-,29-,30-,31-,32-,33-,34-,40-,41-/m0/s1. The Balaban J connectivity index is 3.27. The van der Waals surface area contributed by atoms with Crippen LogP contribution < -0.4 is 81.4 Å². The molecule has 0 bridgehead atoms. The second kappa shape index (κ2) is 42.4. The molecular weight excluding hydrogens is 1320 g/mol. The van der Waals surface area contributed by atoms with Crippen molar-refractivity contribution in [3.05, 3.63) is 0 Å². The molecule has 96 heavy (non-hydrogen) atoms. The smallest absolute Gasteiger partial charge is 0.326 e. The number of primary amides is 3. The number of likely N-dealkylation sites (tertiary alicyclic amines) is 1. The molecule has 0 saturated carbocycles. The number of aliphatic hydroxyl groups excluding tert-OH is 3. The zero-order chi connectivity index (χ0) is 73.4. The topological polar surface area (TPSA) is 668 Å². The summed E-state index contributed by atoms with van der Waals surface area (Å²) in [5.41, 5.74) is 21.8. The van der Waals surface area contributed by atoms with Gasteiger partial charge in [0.05, 0.1) is 38.2 Å². The monoisotopic (exact) mass is 1410 g/mol. The Morgan fingerprint density at radius 3 is 1.41 bits per heavy atom. The fourth-order valence-corrected chi connectivity index (χ4v) is 9.63. The van der Waals surface area contributed by atoms with Crippen LogP contribution in [0.2, 0.25) is 0 Å². The molecule has 540 valence electrons. The number of aliphatic carboxylic acids is 3. The molecule has 1 rings (SSSR count). The molecule has 40 nitrogen and oxygen atoms in total. The van der Waals surface area contributed by atoms with Crippen molar-refractivity contribution in [2.75, 3.05) is 37.5 Å². The van der Waals surface area contributed by atoms with E-state index in [1.807, 2.05) is 0 Å². The van der Waals surface area contributed by atoms with E-state index in [9.17, 15) is 107 Å². The number of nitrogens with one attached hydrogen (secondary N) is 11. The number of hydrogen-bond acceptors (Lipinski definition) is 24. The number of carbonyl (C=O) groups is 18. The van der Waals surface area contributed by atoms with Gasteiger partial charge >= 0.3 is 17.9 Å². The second-order valence-electron chi connectivity index (χ2n) is 22.4. The van der Waals surface area contributed by atoms with Gasteiger partial charge in [-0.2, -0.15) is 24.4 Å². The molecule has 0 aliphatic carbocycles. The molecule has 14 atom stereocenters. The Morgan fingerprint density at radius 1 is 0.490 bits per heavy atom. The van der Waals surface area contributed by atoms with Gasteiger partial charge in [0.15, 0.2) is 0 Å². The fourth-order valence-electron chi connectivity index (χ4n) is 8.90. The average molecular weight is 1410 g/mol. The number of rotatable bonds is 45. The van der Waals surface area contributed by atoms with Crippen LogP contribution in [0.15, 0.2) is 0 Å². The number of aliphatic hydroxyl groups is 3. The number of carbonyl (C=O) groups excluding carboxylic acids is 15. The molecule has 1 fully saturated rings. The van der Waals surface area contributed by atoms with Crippen LogP contribution in [0.1, 0.15) is 98.3 Å². The van der Waals surface area contributed by atoms with E-state index < -0.39 is 255 Å². The van der Waals surface area contributed by atoms with Crippen molar-refractivity contribution >= 4 is 131 Å². The third kappa shape index (κ3) is 29.7. The van der Waals surface area contributed by atoms with Gasteiger partial charge in [-0.1, -0.05) is 13.8 Å². The summed E-state index contributed by atoms with van der Waals surface area (Å²) < 4.78 is 0. The van der Waals surface area contributed by atoms with Crippen LogP contribution in [0.5, 0.6) is 0 Å². The second-order valence-corrected chi connectivity index (χ2v) is 23.7. The number of amides is 15. The molecule has 1 heterocycles. The molecule has 25 N–H and O–H groups in total. The van der Waals surface area contributed by atoms with E-state index in [4.69, 9.17) is 33.1 Å². The zero-order valence-electron chi connectivity index (χ0n) is 53.1. The maximum Gasteiger partial charge on any atom is 0.326 e. The summed E-state index contributed by atoms with van der Waals surface area (Å²) >= 11 is 5.30. The molecule has 1 aliphatic heterocycles. The lowest BCUT2D eigenvalue weighted by molar-refractivity contribution is -0.146. The van der Waals surface area contributed by atoms with Crippen LogP contribution in [0.4, 0.5) is 0 Å². The Morgan fingerprint density at radius 2 is 0.917 bits per heavy atom. The van der Waals surface area contributed by atoms with Gasteiger partial charge in [-0.25, -0.2) is 4.79 Å². The first kappa shape index (κ1) is 85.0. The highest BCUT2D eigenvalue weighted by Gasteiger charge is 2.41. The minimum absolute atomic E-state index is 0.00170. The van der Waals surface area contributed by atoms with Crippen molar-refractivity contribution in [3.63, 3.8) is 0 Å². The Hall–Kier alpha value is -9.00. The minimum Gasteiger partial charge on any atom is -0.481 e. The molecule has 0 aromatic heterocycles. The lowest BCUT2D eigenvalue weighted by Crippen LogP contribution is -2.63. The molecule has 0 unspecified atom stereocenters. The number of carboxylic acids is 3. The SMILES string of the molecule is CSCC[C@H](NC(=O)[C@H](CCC(N)=O)NC(=O)[C@@H](N)CCC(=O)O)C(=O)N[C@@H](C)C(=O)N[C@H](C(=O)N[C@@H](CC(N)=O)C(=O)N[C@H](C(=O)N[C@@H](CC(N)=O)C(=O)N[C@@H](CS)C(=O)N[C@@H](CO)C(=O)N[C@@H](CO)C(=O)N1CCC[C@H]1C(=O)N[C@@H](CCC(=O)O)C(=O)O)C(C)C)[C@@H](C)O. The Bertz CT molecular complexity index is 2840. The predicted molar refractivity (Wildman–Crippen MR) is 335 cm³/mol. The lowest BCUT2D eigenvalue weighted by Gasteiger charge is -2.29. The molecule has 1 saturated heterocycles. The first-order valence-electron chi connectivity index (χ1n) is 29.8. The van der Waals surface area contributed by atoms with Crippen molar-refractivity contribution in [1.82, 2.24) is 63.4 Å². The Kier molecular flexibility index (Phi) is 37.6. The van der Waals surface area contributed by atoms with Crippen molar-refractivity contribution < 1.29 is 117 Å². The summed E-state index contributed by atoms with van der Waals surface area (Å²) in [5.74, 6) is -22.5. The number of nitrogens with two attached hydrogens (primary N) is 4. The maximum absolute atomic E-state index is 13.9. The average Bonchev–Trinajstić information content (AvgIpc) is 1.59. The van der Waals surface area contributed by atoms with Gasteiger partial charge in [0.1, 0.15) is 72.5 Å². The number of hydrogen-bond donors (Lipinski definition) is 22. The van der Waals surface area contributed by atoms with E-state index >= 15 is 0 Å². The third-order valence-electron chi connectivity index (χ3n) is 14.2. The fraction of sp³-hybridized carbons (Fsp3) is 0.667. The van der Waals surface area contributed by atoms with E-state index in [1.165, 1.54) is 25.6 Å². The number of nitrogens with zero attached hydrogens (tertiary/aromatic N) is 1. The van der Waals surface area contributed by atoms with Crippen molar-refractivity contribution in [1.29, 1.82) is 0 Å². The van der Waals surface area contributed by atoms with Crippen LogP contribution in [0.25, 0.3) is 0 Å². The maximum atomic E-state index is 13.9. The van der Waals surface area contributed by atoms with Gasteiger partial charge in [-0.05, 0) is 70.3 Å². The molecule has 0 aromatic rings. The third-order valence-corrected chi connectivity index (χ3v) is 15.2.